The van der Waals surface area contributed by atoms with Crippen molar-refractivity contribution in [2.75, 3.05) is 0 Å². The standard InChI is InChI=1S/C12H24O2/c1-6-8-9-10(3)11(13)14-12(4,5)7-2/h10H,6-9H2,1-5H3. The number of rotatable bonds is 6. The molecule has 0 aromatic heterocycles. The molecule has 0 spiro atoms. The van der Waals surface area contributed by atoms with E-state index in [1.54, 1.807) is 0 Å². The summed E-state index contributed by atoms with van der Waals surface area (Å²) >= 11 is 0. The van der Waals surface area contributed by atoms with Gasteiger partial charge in [0.2, 0.25) is 0 Å². The molecular formula is C12H24O2. The van der Waals surface area contributed by atoms with E-state index in [2.05, 4.69) is 6.92 Å². The molecule has 0 bridgehead atoms. The van der Waals surface area contributed by atoms with Gasteiger partial charge in [0.05, 0.1) is 5.92 Å². The monoisotopic (exact) mass is 200 g/mol. The van der Waals surface area contributed by atoms with Crippen molar-refractivity contribution in [2.24, 2.45) is 5.92 Å². The smallest absolute Gasteiger partial charge is 0.309 e. The van der Waals surface area contributed by atoms with Crippen molar-refractivity contribution in [2.45, 2.75) is 65.9 Å². The first kappa shape index (κ1) is 13.5. The van der Waals surface area contributed by atoms with Gasteiger partial charge in [-0.05, 0) is 26.7 Å². The largest absolute Gasteiger partial charge is 0.459 e. The Labute approximate surface area is 88.0 Å². The van der Waals surface area contributed by atoms with Crippen LogP contribution < -0.4 is 0 Å². The molecule has 0 N–H and O–H groups in total. The number of hydrogen-bond acceptors (Lipinski definition) is 2. The molecule has 0 heterocycles. The number of carbonyl (C=O) groups excluding carboxylic acids is 1. The van der Waals surface area contributed by atoms with Crippen LogP contribution in [0, 0.1) is 5.92 Å². The van der Waals surface area contributed by atoms with Gasteiger partial charge in [-0.25, -0.2) is 0 Å². The van der Waals surface area contributed by atoms with E-state index in [9.17, 15) is 4.79 Å². The topological polar surface area (TPSA) is 26.3 Å². The molecule has 0 fully saturated rings. The summed E-state index contributed by atoms with van der Waals surface area (Å²) in [6, 6.07) is 0. The molecule has 0 aliphatic heterocycles. The average molecular weight is 200 g/mol. The van der Waals surface area contributed by atoms with E-state index < -0.39 is 0 Å². The highest BCUT2D eigenvalue weighted by Crippen LogP contribution is 2.18. The first-order valence-corrected chi connectivity index (χ1v) is 5.65. The van der Waals surface area contributed by atoms with Crippen LogP contribution in [0.25, 0.3) is 0 Å². The van der Waals surface area contributed by atoms with E-state index in [1.165, 1.54) is 0 Å². The van der Waals surface area contributed by atoms with Crippen LogP contribution in [0.3, 0.4) is 0 Å². The Balaban J connectivity index is 3.95. The van der Waals surface area contributed by atoms with Crippen LogP contribution in [0.4, 0.5) is 0 Å². The molecule has 0 aromatic rings. The third-order valence-electron chi connectivity index (χ3n) is 2.62. The Morgan fingerprint density at radius 3 is 2.36 bits per heavy atom. The van der Waals surface area contributed by atoms with E-state index in [4.69, 9.17) is 4.74 Å². The number of esters is 1. The molecule has 0 saturated carbocycles. The second-order valence-corrected chi connectivity index (χ2v) is 4.58. The molecule has 0 radical (unpaired) electrons. The van der Waals surface area contributed by atoms with Gasteiger partial charge < -0.3 is 4.74 Å². The quantitative estimate of drug-likeness (QED) is 0.613. The Bertz CT molecular complexity index is 173. The van der Waals surface area contributed by atoms with E-state index in [0.29, 0.717) is 0 Å². The van der Waals surface area contributed by atoms with Crippen molar-refractivity contribution in [1.29, 1.82) is 0 Å². The van der Waals surface area contributed by atoms with E-state index in [-0.39, 0.29) is 17.5 Å². The lowest BCUT2D eigenvalue weighted by Crippen LogP contribution is -2.30. The van der Waals surface area contributed by atoms with Gasteiger partial charge in [0.1, 0.15) is 5.60 Å². The Hall–Kier alpha value is -0.530. The third-order valence-corrected chi connectivity index (χ3v) is 2.62. The maximum Gasteiger partial charge on any atom is 0.309 e. The number of unbranched alkanes of at least 4 members (excludes halogenated alkanes) is 1. The first-order chi connectivity index (χ1) is 6.43. The fourth-order valence-electron chi connectivity index (χ4n) is 1.07. The van der Waals surface area contributed by atoms with Gasteiger partial charge >= 0.3 is 5.97 Å². The van der Waals surface area contributed by atoms with E-state index >= 15 is 0 Å². The third kappa shape index (κ3) is 5.25. The molecule has 0 aliphatic rings. The van der Waals surface area contributed by atoms with Gasteiger partial charge in [0.15, 0.2) is 0 Å². The average Bonchev–Trinajstić information content (AvgIpc) is 2.13. The summed E-state index contributed by atoms with van der Waals surface area (Å²) in [5, 5.41) is 0. The maximum absolute atomic E-state index is 11.6. The van der Waals surface area contributed by atoms with Gasteiger partial charge in [-0.15, -0.1) is 0 Å². The fourth-order valence-corrected chi connectivity index (χ4v) is 1.07. The Kier molecular flexibility index (Phi) is 5.82. The van der Waals surface area contributed by atoms with Gasteiger partial charge in [-0.1, -0.05) is 33.6 Å². The molecule has 0 saturated heterocycles. The van der Waals surface area contributed by atoms with Crippen molar-refractivity contribution in [3.05, 3.63) is 0 Å². The highest BCUT2D eigenvalue weighted by atomic mass is 16.6. The van der Waals surface area contributed by atoms with Crippen molar-refractivity contribution >= 4 is 5.97 Å². The molecule has 0 amide bonds. The predicted octanol–water partition coefficient (Wildman–Crippen LogP) is 3.54. The minimum atomic E-state index is -0.308. The molecule has 0 aromatic carbocycles. The van der Waals surface area contributed by atoms with Crippen LogP contribution >= 0.6 is 0 Å². The highest BCUT2D eigenvalue weighted by molar-refractivity contribution is 5.72. The van der Waals surface area contributed by atoms with Crippen LogP contribution in [0.15, 0.2) is 0 Å². The summed E-state index contributed by atoms with van der Waals surface area (Å²) in [4.78, 5) is 11.6. The maximum atomic E-state index is 11.6. The summed E-state index contributed by atoms with van der Waals surface area (Å²) < 4.78 is 5.41. The van der Waals surface area contributed by atoms with Gasteiger partial charge in [0, 0.05) is 0 Å². The minimum absolute atomic E-state index is 0.0424. The van der Waals surface area contributed by atoms with Crippen molar-refractivity contribution in [3.8, 4) is 0 Å². The SMILES string of the molecule is CCCCC(C)C(=O)OC(C)(C)CC. The first-order valence-electron chi connectivity index (χ1n) is 5.65. The lowest BCUT2D eigenvalue weighted by atomic mass is 10.0. The van der Waals surface area contributed by atoms with Gasteiger partial charge in [-0.2, -0.15) is 0 Å². The highest BCUT2D eigenvalue weighted by Gasteiger charge is 2.23. The molecule has 2 heteroatoms. The molecule has 2 nitrogen and oxygen atoms in total. The van der Waals surface area contributed by atoms with Crippen LogP contribution in [0.2, 0.25) is 0 Å². The molecule has 0 rings (SSSR count). The molecule has 0 aliphatic carbocycles. The van der Waals surface area contributed by atoms with Crippen molar-refractivity contribution in [1.82, 2.24) is 0 Å². The molecule has 1 atom stereocenters. The zero-order valence-electron chi connectivity index (χ0n) is 10.2. The summed E-state index contributed by atoms with van der Waals surface area (Å²) in [5.74, 6) is -0.00826. The lowest BCUT2D eigenvalue weighted by Gasteiger charge is -2.25. The molecule has 14 heavy (non-hydrogen) atoms. The summed E-state index contributed by atoms with van der Waals surface area (Å²) in [5.41, 5.74) is -0.308. The second kappa shape index (κ2) is 6.05. The number of carbonyl (C=O) groups is 1. The number of ether oxygens (including phenoxy) is 1. The summed E-state index contributed by atoms with van der Waals surface area (Å²) in [7, 11) is 0. The normalized spacial score (nSPS) is 13.8. The van der Waals surface area contributed by atoms with Crippen LogP contribution in [-0.4, -0.2) is 11.6 Å². The van der Waals surface area contributed by atoms with E-state index in [0.717, 1.165) is 25.7 Å². The molecule has 84 valence electrons. The fraction of sp³-hybridized carbons (Fsp3) is 0.917. The van der Waals surface area contributed by atoms with Crippen molar-refractivity contribution in [3.63, 3.8) is 0 Å². The van der Waals surface area contributed by atoms with Crippen LogP contribution in [0.5, 0.6) is 0 Å². The Morgan fingerprint density at radius 1 is 1.36 bits per heavy atom. The number of hydrogen-bond donors (Lipinski definition) is 0. The Morgan fingerprint density at radius 2 is 1.93 bits per heavy atom. The predicted molar refractivity (Wildman–Crippen MR) is 59.2 cm³/mol. The van der Waals surface area contributed by atoms with Crippen molar-refractivity contribution < 1.29 is 9.53 Å². The molecule has 1 unspecified atom stereocenters. The zero-order chi connectivity index (χ0) is 11.2. The lowest BCUT2D eigenvalue weighted by molar-refractivity contribution is -0.161. The van der Waals surface area contributed by atoms with Gasteiger partial charge in [0.25, 0.3) is 0 Å². The van der Waals surface area contributed by atoms with Gasteiger partial charge in [-0.3, -0.25) is 4.79 Å². The minimum Gasteiger partial charge on any atom is -0.459 e. The summed E-state index contributed by atoms with van der Waals surface area (Å²) in [6.07, 6.45) is 4.03. The molecular weight excluding hydrogens is 176 g/mol. The van der Waals surface area contributed by atoms with Crippen LogP contribution in [0.1, 0.15) is 60.3 Å². The summed E-state index contributed by atoms with van der Waals surface area (Å²) in [6.45, 7) is 10.0. The second-order valence-electron chi connectivity index (χ2n) is 4.58. The van der Waals surface area contributed by atoms with E-state index in [1.807, 2.05) is 27.7 Å². The zero-order valence-corrected chi connectivity index (χ0v) is 10.2. The van der Waals surface area contributed by atoms with Crippen LogP contribution in [-0.2, 0) is 9.53 Å².